The van der Waals surface area contributed by atoms with Gasteiger partial charge in [-0.15, -0.1) is 0 Å². The zero-order valence-electron chi connectivity index (χ0n) is 42.6. The molecule has 0 aliphatic rings. The molecular formula is C57H108O6. The molecule has 1 atom stereocenters. The van der Waals surface area contributed by atoms with Crippen LogP contribution in [0.1, 0.15) is 316 Å². The maximum absolute atomic E-state index is 12.8. The Hall–Kier alpha value is -1.85. The fourth-order valence-electron chi connectivity index (χ4n) is 8.50. The van der Waals surface area contributed by atoms with Gasteiger partial charge in [-0.1, -0.05) is 264 Å². The van der Waals surface area contributed by atoms with Crippen LogP contribution in [-0.2, 0) is 28.6 Å². The van der Waals surface area contributed by atoms with Gasteiger partial charge < -0.3 is 14.2 Å². The first kappa shape index (κ1) is 61.1. The maximum Gasteiger partial charge on any atom is 0.306 e. The molecule has 0 aromatic carbocycles. The number of esters is 3. The lowest BCUT2D eigenvalue weighted by Crippen LogP contribution is -2.30. The largest absolute Gasteiger partial charge is 0.462 e. The SMILES string of the molecule is CCCCCC/C=C\CCCCCCCC(=O)OC[C@H](COC(=O)CCCCCCCCCCCCCCCCCCCCCCC)OC(=O)CCCCCCCCCCCCC. The monoisotopic (exact) mass is 889 g/mol. The molecule has 0 aromatic heterocycles. The summed E-state index contributed by atoms with van der Waals surface area (Å²) in [6.07, 6.45) is 59.2. The minimum Gasteiger partial charge on any atom is -0.462 e. The van der Waals surface area contributed by atoms with Gasteiger partial charge in [0, 0.05) is 19.3 Å². The third-order valence-electron chi connectivity index (χ3n) is 12.8. The second kappa shape index (κ2) is 52.8. The number of ether oxygens (including phenoxy) is 3. The van der Waals surface area contributed by atoms with Crippen LogP contribution in [0.4, 0.5) is 0 Å². The Balaban J connectivity index is 4.21. The van der Waals surface area contributed by atoms with Crippen molar-refractivity contribution < 1.29 is 28.6 Å². The lowest BCUT2D eigenvalue weighted by atomic mass is 10.0. The number of allylic oxidation sites excluding steroid dienone is 2. The lowest BCUT2D eigenvalue weighted by Gasteiger charge is -2.18. The predicted octanol–water partition coefficient (Wildman–Crippen LogP) is 18.5. The minimum absolute atomic E-state index is 0.0669. The van der Waals surface area contributed by atoms with E-state index in [0.29, 0.717) is 19.3 Å². The van der Waals surface area contributed by atoms with Crippen LogP contribution in [0.15, 0.2) is 12.2 Å². The summed E-state index contributed by atoms with van der Waals surface area (Å²) in [7, 11) is 0. The van der Waals surface area contributed by atoms with Crippen molar-refractivity contribution in [3.05, 3.63) is 12.2 Å². The first-order valence-corrected chi connectivity index (χ1v) is 28.2. The average Bonchev–Trinajstić information content (AvgIpc) is 3.28. The fourth-order valence-corrected chi connectivity index (χ4v) is 8.50. The van der Waals surface area contributed by atoms with Crippen LogP contribution >= 0.6 is 0 Å². The summed E-state index contributed by atoms with van der Waals surface area (Å²) in [6, 6.07) is 0. The number of hydrogen-bond acceptors (Lipinski definition) is 6. The van der Waals surface area contributed by atoms with Gasteiger partial charge >= 0.3 is 17.9 Å². The summed E-state index contributed by atoms with van der Waals surface area (Å²) in [5.74, 6) is -0.856. The Kier molecular flexibility index (Phi) is 51.2. The van der Waals surface area contributed by atoms with Crippen LogP contribution in [0.25, 0.3) is 0 Å². The second-order valence-electron chi connectivity index (χ2n) is 19.2. The van der Waals surface area contributed by atoms with Crippen LogP contribution in [-0.4, -0.2) is 37.2 Å². The molecule has 372 valence electrons. The summed E-state index contributed by atoms with van der Waals surface area (Å²) in [4.78, 5) is 38.0. The molecule has 0 heterocycles. The van der Waals surface area contributed by atoms with Crippen molar-refractivity contribution in [3.8, 4) is 0 Å². The zero-order valence-corrected chi connectivity index (χ0v) is 42.6. The Morgan fingerprint density at radius 2 is 0.524 bits per heavy atom. The van der Waals surface area contributed by atoms with Crippen molar-refractivity contribution in [2.75, 3.05) is 13.2 Å². The molecular weight excluding hydrogens is 781 g/mol. The van der Waals surface area contributed by atoms with Crippen molar-refractivity contribution in [3.63, 3.8) is 0 Å². The molecule has 0 bridgehead atoms. The van der Waals surface area contributed by atoms with Crippen molar-refractivity contribution in [1.82, 2.24) is 0 Å². The van der Waals surface area contributed by atoms with E-state index in [1.807, 2.05) is 0 Å². The molecule has 0 aliphatic carbocycles. The topological polar surface area (TPSA) is 78.9 Å². The van der Waals surface area contributed by atoms with Crippen LogP contribution in [0.3, 0.4) is 0 Å². The molecule has 0 amide bonds. The number of hydrogen-bond donors (Lipinski definition) is 0. The first-order chi connectivity index (χ1) is 31.0. The Morgan fingerprint density at radius 1 is 0.302 bits per heavy atom. The van der Waals surface area contributed by atoms with Crippen molar-refractivity contribution in [2.24, 2.45) is 0 Å². The molecule has 0 aliphatic heterocycles. The van der Waals surface area contributed by atoms with E-state index in [0.717, 1.165) is 64.2 Å². The Labute approximate surface area is 392 Å². The van der Waals surface area contributed by atoms with E-state index in [4.69, 9.17) is 14.2 Å². The summed E-state index contributed by atoms with van der Waals surface area (Å²) >= 11 is 0. The minimum atomic E-state index is -0.766. The van der Waals surface area contributed by atoms with E-state index in [9.17, 15) is 14.4 Å². The van der Waals surface area contributed by atoms with E-state index in [1.165, 1.54) is 212 Å². The molecule has 0 spiro atoms. The fraction of sp³-hybridized carbons (Fsp3) is 0.912. The van der Waals surface area contributed by atoms with Crippen molar-refractivity contribution >= 4 is 17.9 Å². The van der Waals surface area contributed by atoms with Crippen LogP contribution < -0.4 is 0 Å². The highest BCUT2D eigenvalue weighted by molar-refractivity contribution is 5.71. The highest BCUT2D eigenvalue weighted by Gasteiger charge is 2.19. The van der Waals surface area contributed by atoms with Crippen LogP contribution in [0, 0.1) is 0 Å². The summed E-state index contributed by atoms with van der Waals surface area (Å²) in [5, 5.41) is 0. The molecule has 6 heteroatoms. The zero-order chi connectivity index (χ0) is 45.8. The summed E-state index contributed by atoms with van der Waals surface area (Å²) in [5.41, 5.74) is 0. The van der Waals surface area contributed by atoms with E-state index < -0.39 is 6.10 Å². The molecule has 0 fully saturated rings. The maximum atomic E-state index is 12.8. The van der Waals surface area contributed by atoms with Crippen LogP contribution in [0.2, 0.25) is 0 Å². The van der Waals surface area contributed by atoms with E-state index in [2.05, 4.69) is 32.9 Å². The molecule has 0 rings (SSSR count). The smallest absolute Gasteiger partial charge is 0.306 e. The molecule has 0 saturated heterocycles. The number of carbonyl (C=O) groups excluding carboxylic acids is 3. The number of rotatable bonds is 52. The lowest BCUT2D eigenvalue weighted by molar-refractivity contribution is -0.167. The third-order valence-corrected chi connectivity index (χ3v) is 12.8. The van der Waals surface area contributed by atoms with Gasteiger partial charge in [-0.05, 0) is 44.9 Å². The molecule has 0 radical (unpaired) electrons. The summed E-state index contributed by atoms with van der Waals surface area (Å²) < 4.78 is 16.8. The van der Waals surface area contributed by atoms with E-state index in [-0.39, 0.29) is 31.1 Å². The third kappa shape index (κ3) is 51.0. The number of carbonyl (C=O) groups is 3. The first-order valence-electron chi connectivity index (χ1n) is 28.2. The Bertz CT molecular complexity index is 978. The van der Waals surface area contributed by atoms with Gasteiger partial charge in [0.25, 0.3) is 0 Å². The van der Waals surface area contributed by atoms with Crippen molar-refractivity contribution in [1.29, 1.82) is 0 Å². The van der Waals surface area contributed by atoms with Gasteiger partial charge in [-0.25, -0.2) is 0 Å². The molecule has 0 unspecified atom stereocenters. The summed E-state index contributed by atoms with van der Waals surface area (Å²) in [6.45, 7) is 6.66. The average molecular weight is 889 g/mol. The molecule has 0 aromatic rings. The van der Waals surface area contributed by atoms with Gasteiger partial charge in [-0.2, -0.15) is 0 Å². The predicted molar refractivity (Wildman–Crippen MR) is 270 cm³/mol. The standard InChI is InChI=1S/C57H108O6/c1-4-7-10-13-16-19-22-24-25-26-27-28-29-30-31-33-36-38-41-44-47-50-56(59)62-53-54(63-57(60)51-48-45-42-39-34-21-18-15-12-9-6-3)52-61-55(58)49-46-43-40-37-35-32-23-20-17-14-11-8-5-2/h20,23,54H,4-19,21-22,24-53H2,1-3H3/b23-20-/t54-/m1/s1. The molecule has 0 saturated carbocycles. The van der Waals surface area contributed by atoms with Gasteiger partial charge in [0.15, 0.2) is 6.10 Å². The van der Waals surface area contributed by atoms with Gasteiger partial charge in [0.05, 0.1) is 0 Å². The van der Waals surface area contributed by atoms with Gasteiger partial charge in [0.1, 0.15) is 13.2 Å². The highest BCUT2D eigenvalue weighted by Crippen LogP contribution is 2.17. The van der Waals surface area contributed by atoms with Crippen LogP contribution in [0.5, 0.6) is 0 Å². The Morgan fingerprint density at radius 3 is 0.810 bits per heavy atom. The normalized spacial score (nSPS) is 12.0. The molecule has 0 N–H and O–H groups in total. The van der Waals surface area contributed by atoms with E-state index in [1.54, 1.807) is 0 Å². The quantitative estimate of drug-likeness (QED) is 0.0262. The molecule has 63 heavy (non-hydrogen) atoms. The highest BCUT2D eigenvalue weighted by atomic mass is 16.6. The number of unbranched alkanes of at least 4 members (excludes halogenated alkanes) is 39. The molecule has 6 nitrogen and oxygen atoms in total. The second-order valence-corrected chi connectivity index (χ2v) is 19.2. The van der Waals surface area contributed by atoms with E-state index >= 15 is 0 Å². The van der Waals surface area contributed by atoms with Gasteiger partial charge in [-0.3, -0.25) is 14.4 Å². The van der Waals surface area contributed by atoms with Gasteiger partial charge in [0.2, 0.25) is 0 Å². The van der Waals surface area contributed by atoms with Crippen molar-refractivity contribution in [2.45, 2.75) is 322 Å².